The van der Waals surface area contributed by atoms with Crippen molar-refractivity contribution in [3.63, 3.8) is 0 Å². The van der Waals surface area contributed by atoms with Crippen molar-refractivity contribution < 1.29 is 14.6 Å². The van der Waals surface area contributed by atoms with Crippen LogP contribution in [0.1, 0.15) is 22.5 Å². The molecule has 0 saturated heterocycles. The molecule has 0 spiro atoms. The molecule has 1 N–H and O–H groups in total. The van der Waals surface area contributed by atoms with Gasteiger partial charge < -0.3 is 14.6 Å². The SMILES string of the molecule is Cc1cc(-c2cn(COCC[Si](C)(C)C)c(=Nc3cnc(CO)cn3)s2)nc(Oc2c(C)cccc2C)n1. The van der Waals surface area contributed by atoms with Crippen LogP contribution in [0.2, 0.25) is 25.7 Å². The number of aryl methyl sites for hydroxylation is 3. The van der Waals surface area contributed by atoms with Gasteiger partial charge in [-0.1, -0.05) is 49.2 Å². The lowest BCUT2D eigenvalue weighted by Gasteiger charge is -2.15. The van der Waals surface area contributed by atoms with E-state index in [0.29, 0.717) is 35.7 Å². The third kappa shape index (κ3) is 7.41. The summed E-state index contributed by atoms with van der Waals surface area (Å²) in [6.45, 7) is 13.8. The molecule has 0 fully saturated rings. The summed E-state index contributed by atoms with van der Waals surface area (Å²) in [5, 5.41) is 9.27. The summed E-state index contributed by atoms with van der Waals surface area (Å²) in [6.07, 6.45) is 5.05. The van der Waals surface area contributed by atoms with Gasteiger partial charge in [0.1, 0.15) is 12.5 Å². The van der Waals surface area contributed by atoms with Crippen LogP contribution in [-0.4, -0.2) is 44.3 Å². The number of aliphatic hydroxyl groups is 1. The van der Waals surface area contributed by atoms with Crippen LogP contribution >= 0.6 is 11.3 Å². The molecule has 3 aromatic heterocycles. The molecule has 3 heterocycles. The maximum Gasteiger partial charge on any atom is 0.322 e. The summed E-state index contributed by atoms with van der Waals surface area (Å²) in [5.74, 6) is 1.21. The smallest absolute Gasteiger partial charge is 0.322 e. The highest BCUT2D eigenvalue weighted by atomic mass is 32.1. The largest absolute Gasteiger partial charge is 0.424 e. The van der Waals surface area contributed by atoms with Crippen molar-refractivity contribution in [1.82, 2.24) is 24.5 Å². The molecule has 0 aliphatic rings. The lowest BCUT2D eigenvalue weighted by molar-refractivity contribution is 0.0855. The van der Waals surface area contributed by atoms with Crippen molar-refractivity contribution in [3.8, 4) is 22.3 Å². The fourth-order valence-corrected chi connectivity index (χ4v) is 5.27. The van der Waals surface area contributed by atoms with Crippen LogP contribution in [0.5, 0.6) is 11.8 Å². The highest BCUT2D eigenvalue weighted by Gasteiger charge is 2.15. The number of benzene rings is 1. The first-order chi connectivity index (χ1) is 18.1. The minimum absolute atomic E-state index is 0.166. The molecule has 4 rings (SSSR count). The summed E-state index contributed by atoms with van der Waals surface area (Å²) in [7, 11) is -1.20. The monoisotopic (exact) mass is 550 g/mol. The van der Waals surface area contributed by atoms with Gasteiger partial charge in [-0.25, -0.2) is 9.97 Å². The number of rotatable bonds is 10. The minimum Gasteiger partial charge on any atom is -0.424 e. The highest BCUT2D eigenvalue weighted by molar-refractivity contribution is 7.12. The average Bonchev–Trinajstić information content (AvgIpc) is 3.26. The van der Waals surface area contributed by atoms with Gasteiger partial charge in [0.15, 0.2) is 10.6 Å². The molecule has 11 heteroatoms. The molecule has 0 amide bonds. The first kappa shape index (κ1) is 27.8. The second-order valence-electron chi connectivity index (χ2n) is 10.3. The Morgan fingerprint density at radius 3 is 2.47 bits per heavy atom. The fourth-order valence-electron chi connectivity index (χ4n) is 3.57. The first-order valence-electron chi connectivity index (χ1n) is 12.5. The van der Waals surface area contributed by atoms with E-state index < -0.39 is 8.07 Å². The molecule has 0 saturated carbocycles. The summed E-state index contributed by atoms with van der Waals surface area (Å²) in [5.41, 5.74) is 4.08. The topological polar surface area (TPSA) is 108 Å². The third-order valence-corrected chi connectivity index (χ3v) is 8.45. The van der Waals surface area contributed by atoms with E-state index in [2.05, 4.69) is 34.6 Å². The highest BCUT2D eigenvalue weighted by Crippen LogP contribution is 2.29. The van der Waals surface area contributed by atoms with E-state index in [4.69, 9.17) is 19.5 Å². The normalized spacial score (nSPS) is 12.2. The standard InChI is InChI=1S/C27H34N6O3SSi/c1-18-8-7-9-19(2)25(18)36-26-30-20(3)12-22(31-26)23-15-33(17-35-10-11-38(4,5)6)27(37-23)32-24-14-28-21(16-34)13-29-24/h7-9,12-15,34H,10-11,16-17H2,1-6H3. The third-order valence-electron chi connectivity index (χ3n) is 5.70. The summed E-state index contributed by atoms with van der Waals surface area (Å²) in [4.78, 5) is 24.1. The second kappa shape index (κ2) is 12.1. The Labute approximate surface area is 227 Å². The lowest BCUT2D eigenvalue weighted by Crippen LogP contribution is -2.23. The number of ether oxygens (including phenoxy) is 2. The van der Waals surface area contributed by atoms with E-state index in [0.717, 1.165) is 39.2 Å². The summed E-state index contributed by atoms with van der Waals surface area (Å²) in [6, 6.07) is 9.32. The molecule has 0 atom stereocenters. The molecule has 1 aromatic carbocycles. The van der Waals surface area contributed by atoms with Gasteiger partial charge in [0.2, 0.25) is 0 Å². The Kier molecular flexibility index (Phi) is 8.82. The minimum atomic E-state index is -1.20. The Morgan fingerprint density at radius 2 is 1.82 bits per heavy atom. The first-order valence-corrected chi connectivity index (χ1v) is 17.0. The van der Waals surface area contributed by atoms with Crippen LogP contribution in [0.4, 0.5) is 5.82 Å². The molecule has 200 valence electrons. The van der Waals surface area contributed by atoms with E-state index in [9.17, 15) is 5.11 Å². The summed E-state index contributed by atoms with van der Waals surface area (Å²) >= 11 is 1.47. The van der Waals surface area contributed by atoms with Gasteiger partial charge in [0.25, 0.3) is 0 Å². The average molecular weight is 551 g/mol. The predicted octanol–water partition coefficient (Wildman–Crippen LogP) is 5.55. The van der Waals surface area contributed by atoms with Crippen molar-refractivity contribution >= 4 is 25.2 Å². The van der Waals surface area contributed by atoms with Gasteiger partial charge in [-0.15, -0.1) is 0 Å². The quantitative estimate of drug-likeness (QED) is 0.204. The van der Waals surface area contributed by atoms with Crippen LogP contribution in [0.3, 0.4) is 0 Å². The van der Waals surface area contributed by atoms with Gasteiger partial charge in [-0.2, -0.15) is 9.98 Å². The molecule has 0 unspecified atom stereocenters. The molecule has 38 heavy (non-hydrogen) atoms. The Bertz CT molecular complexity index is 1440. The van der Waals surface area contributed by atoms with Gasteiger partial charge in [0.05, 0.1) is 35.3 Å². The maximum atomic E-state index is 9.27. The van der Waals surface area contributed by atoms with Gasteiger partial charge in [-0.3, -0.25) is 9.55 Å². The maximum absolute atomic E-state index is 9.27. The number of aliphatic hydroxyl groups excluding tert-OH is 1. The van der Waals surface area contributed by atoms with Gasteiger partial charge in [0, 0.05) is 26.6 Å². The van der Waals surface area contributed by atoms with Crippen LogP contribution in [0.15, 0.2) is 47.8 Å². The van der Waals surface area contributed by atoms with E-state index >= 15 is 0 Å². The van der Waals surface area contributed by atoms with E-state index in [1.165, 1.54) is 17.5 Å². The molecule has 4 aromatic rings. The van der Waals surface area contributed by atoms with E-state index in [-0.39, 0.29) is 6.61 Å². The lowest BCUT2D eigenvalue weighted by atomic mass is 10.1. The second-order valence-corrected chi connectivity index (χ2v) is 17.0. The van der Waals surface area contributed by atoms with Crippen molar-refractivity contribution in [2.45, 2.75) is 59.8 Å². The Morgan fingerprint density at radius 1 is 1.05 bits per heavy atom. The van der Waals surface area contributed by atoms with Crippen molar-refractivity contribution in [2.75, 3.05) is 6.61 Å². The molecule has 0 aliphatic carbocycles. The van der Waals surface area contributed by atoms with Gasteiger partial charge in [-0.05, 0) is 44.0 Å². The van der Waals surface area contributed by atoms with Crippen LogP contribution in [0.25, 0.3) is 10.6 Å². The zero-order valence-corrected chi connectivity index (χ0v) is 24.5. The van der Waals surface area contributed by atoms with Crippen molar-refractivity contribution in [2.24, 2.45) is 4.99 Å². The molecule has 0 bridgehead atoms. The molecular formula is C27H34N6O3SSi. The number of hydrogen-bond donors (Lipinski definition) is 1. The number of hydrogen-bond acceptors (Lipinski definition) is 9. The van der Waals surface area contributed by atoms with E-state index in [1.807, 2.05) is 55.8 Å². The molecule has 0 radical (unpaired) electrons. The zero-order chi connectivity index (χ0) is 27.3. The number of para-hydroxylation sites is 1. The van der Waals surface area contributed by atoms with Crippen LogP contribution in [0, 0.1) is 20.8 Å². The summed E-state index contributed by atoms with van der Waals surface area (Å²) < 4.78 is 14.1. The van der Waals surface area contributed by atoms with Crippen molar-refractivity contribution in [1.29, 1.82) is 0 Å². The fraction of sp³-hybridized carbons (Fsp3) is 0.370. The molecule has 0 aliphatic heterocycles. The zero-order valence-electron chi connectivity index (χ0n) is 22.7. The number of thiazole rings is 1. The van der Waals surface area contributed by atoms with E-state index in [1.54, 1.807) is 6.20 Å². The number of nitrogens with zero attached hydrogens (tertiary/aromatic N) is 6. The van der Waals surface area contributed by atoms with Crippen LogP contribution < -0.4 is 9.54 Å². The predicted molar refractivity (Wildman–Crippen MR) is 151 cm³/mol. The Balaban J connectivity index is 1.68. The van der Waals surface area contributed by atoms with Crippen molar-refractivity contribution in [3.05, 3.63) is 70.2 Å². The van der Waals surface area contributed by atoms with Gasteiger partial charge >= 0.3 is 6.01 Å². The molecule has 9 nitrogen and oxygen atoms in total. The molecular weight excluding hydrogens is 516 g/mol. The number of aromatic nitrogens is 5. The van der Waals surface area contributed by atoms with Crippen LogP contribution in [-0.2, 0) is 18.1 Å². The Hall–Kier alpha value is -3.25.